The molecular weight excluding hydrogens is 376 g/mol. The maximum Gasteiger partial charge on any atom is 0.251 e. The molecule has 2 aromatic rings. The van der Waals surface area contributed by atoms with Crippen LogP contribution in [0.1, 0.15) is 60.7 Å². The highest BCUT2D eigenvalue weighted by Crippen LogP contribution is 2.45. The maximum atomic E-state index is 12.7. The van der Waals surface area contributed by atoms with Crippen molar-refractivity contribution in [3.63, 3.8) is 0 Å². The fourth-order valence-electron chi connectivity index (χ4n) is 4.80. The average molecular weight is 409 g/mol. The number of amides is 2. The highest BCUT2D eigenvalue weighted by molar-refractivity contribution is 5.95. The first-order valence-corrected chi connectivity index (χ1v) is 10.4. The molecule has 0 saturated heterocycles. The number of hydrogen-bond donors (Lipinski definition) is 4. The molecule has 0 radical (unpaired) electrons. The minimum absolute atomic E-state index is 0.0391. The van der Waals surface area contributed by atoms with Crippen LogP contribution >= 0.6 is 0 Å². The lowest BCUT2D eigenvalue weighted by Crippen LogP contribution is -2.50. The number of carbonyl (C=O) groups is 2. The topological polar surface area (TPSA) is 110 Å². The Bertz CT molecular complexity index is 906. The van der Waals surface area contributed by atoms with Crippen LogP contribution in [0.3, 0.4) is 0 Å². The number of rotatable bonds is 5. The van der Waals surface area contributed by atoms with Crippen molar-refractivity contribution in [2.45, 2.75) is 46.1 Å². The summed E-state index contributed by atoms with van der Waals surface area (Å²) in [7, 11) is 0. The lowest BCUT2D eigenvalue weighted by Gasteiger charge is -2.47. The molecule has 2 aromatic carbocycles. The monoisotopic (exact) mass is 408 g/mol. The summed E-state index contributed by atoms with van der Waals surface area (Å²) in [5, 5.41) is 6.26. The lowest BCUT2D eigenvalue weighted by atomic mass is 9.62. The molecular formula is C24H32N4O2. The van der Waals surface area contributed by atoms with Gasteiger partial charge in [-0.05, 0) is 78.6 Å². The van der Waals surface area contributed by atoms with Crippen molar-refractivity contribution >= 4 is 23.2 Å². The van der Waals surface area contributed by atoms with Gasteiger partial charge in [0.1, 0.15) is 0 Å². The van der Waals surface area contributed by atoms with E-state index in [-0.39, 0.29) is 28.7 Å². The van der Waals surface area contributed by atoms with Gasteiger partial charge < -0.3 is 22.1 Å². The normalized spacial score (nSPS) is 22.8. The van der Waals surface area contributed by atoms with Crippen molar-refractivity contribution in [1.29, 1.82) is 0 Å². The van der Waals surface area contributed by atoms with Crippen molar-refractivity contribution in [1.82, 2.24) is 10.6 Å². The number of nitrogens with two attached hydrogens (primary N) is 2. The van der Waals surface area contributed by atoms with Crippen LogP contribution in [-0.2, 0) is 0 Å². The second kappa shape index (κ2) is 8.38. The third kappa shape index (κ3) is 5.53. The molecule has 1 fully saturated rings. The molecule has 6 heteroatoms. The molecule has 2 amide bonds. The SMILES string of the molecule is CC1(C)CC(NC(=O)c2ccc(N)cc2)CC(C)(CNC(=O)c2ccc(N)cc2)C1. The van der Waals surface area contributed by atoms with E-state index < -0.39 is 0 Å². The Morgan fingerprint density at radius 3 is 1.90 bits per heavy atom. The van der Waals surface area contributed by atoms with Crippen LogP contribution in [-0.4, -0.2) is 24.4 Å². The van der Waals surface area contributed by atoms with E-state index in [4.69, 9.17) is 11.5 Å². The number of nitrogen functional groups attached to an aromatic ring is 2. The second-order valence-corrected chi connectivity index (χ2v) is 9.66. The molecule has 0 spiro atoms. The molecule has 2 atom stereocenters. The van der Waals surface area contributed by atoms with E-state index in [1.54, 1.807) is 48.5 Å². The largest absolute Gasteiger partial charge is 0.399 e. The van der Waals surface area contributed by atoms with Crippen LogP contribution in [0, 0.1) is 10.8 Å². The van der Waals surface area contributed by atoms with Crippen LogP contribution < -0.4 is 22.1 Å². The predicted molar refractivity (Wildman–Crippen MR) is 121 cm³/mol. The van der Waals surface area contributed by atoms with Crippen molar-refractivity contribution in [2.24, 2.45) is 10.8 Å². The van der Waals surface area contributed by atoms with Gasteiger partial charge in [0.15, 0.2) is 0 Å². The molecule has 1 saturated carbocycles. The Labute approximate surface area is 178 Å². The smallest absolute Gasteiger partial charge is 0.251 e. The van der Waals surface area contributed by atoms with Crippen molar-refractivity contribution in [3.8, 4) is 0 Å². The lowest BCUT2D eigenvalue weighted by molar-refractivity contribution is 0.0592. The van der Waals surface area contributed by atoms with E-state index in [0.717, 1.165) is 19.3 Å². The molecule has 30 heavy (non-hydrogen) atoms. The molecule has 0 heterocycles. The number of benzene rings is 2. The summed E-state index contributed by atoms with van der Waals surface area (Å²) in [6.07, 6.45) is 2.67. The Morgan fingerprint density at radius 2 is 1.37 bits per heavy atom. The van der Waals surface area contributed by atoms with Gasteiger partial charge in [-0.15, -0.1) is 0 Å². The van der Waals surface area contributed by atoms with Crippen LogP contribution in [0.4, 0.5) is 11.4 Å². The zero-order chi connectivity index (χ0) is 21.9. The van der Waals surface area contributed by atoms with E-state index in [9.17, 15) is 9.59 Å². The second-order valence-electron chi connectivity index (χ2n) is 9.66. The van der Waals surface area contributed by atoms with Crippen LogP contribution in [0.5, 0.6) is 0 Å². The van der Waals surface area contributed by atoms with Gasteiger partial charge in [-0.1, -0.05) is 20.8 Å². The van der Waals surface area contributed by atoms with Gasteiger partial charge in [0, 0.05) is 35.1 Å². The number of carbonyl (C=O) groups excluding carboxylic acids is 2. The molecule has 0 aliphatic heterocycles. The first-order chi connectivity index (χ1) is 14.1. The minimum atomic E-state index is -0.121. The van der Waals surface area contributed by atoms with E-state index in [2.05, 4.69) is 31.4 Å². The van der Waals surface area contributed by atoms with Gasteiger partial charge in [0.2, 0.25) is 0 Å². The third-order valence-electron chi connectivity index (χ3n) is 5.80. The zero-order valence-electron chi connectivity index (χ0n) is 18.0. The number of hydrogen-bond acceptors (Lipinski definition) is 4. The fraction of sp³-hybridized carbons (Fsp3) is 0.417. The van der Waals surface area contributed by atoms with Crippen molar-refractivity contribution in [2.75, 3.05) is 18.0 Å². The highest BCUT2D eigenvalue weighted by Gasteiger charge is 2.41. The predicted octanol–water partition coefficient (Wildman–Crippen LogP) is 3.60. The summed E-state index contributed by atoms with van der Waals surface area (Å²) in [4.78, 5) is 25.2. The van der Waals surface area contributed by atoms with Crippen molar-refractivity contribution < 1.29 is 9.59 Å². The van der Waals surface area contributed by atoms with Gasteiger partial charge >= 0.3 is 0 Å². The molecule has 2 unspecified atom stereocenters. The average Bonchev–Trinajstić information content (AvgIpc) is 2.65. The Balaban J connectivity index is 1.65. The molecule has 3 rings (SSSR count). The van der Waals surface area contributed by atoms with E-state index >= 15 is 0 Å². The first kappa shape index (κ1) is 21.7. The number of nitrogens with one attached hydrogen (secondary N) is 2. The van der Waals surface area contributed by atoms with Gasteiger partial charge in [-0.3, -0.25) is 9.59 Å². The van der Waals surface area contributed by atoms with Gasteiger partial charge in [0.25, 0.3) is 11.8 Å². The highest BCUT2D eigenvalue weighted by atomic mass is 16.2. The summed E-state index contributed by atoms with van der Waals surface area (Å²) in [5.74, 6) is -0.201. The molecule has 160 valence electrons. The summed E-state index contributed by atoms with van der Waals surface area (Å²) < 4.78 is 0. The van der Waals surface area contributed by atoms with Crippen LogP contribution in [0.25, 0.3) is 0 Å². The summed E-state index contributed by atoms with van der Waals surface area (Å²) in [6, 6.07) is 13.9. The molecule has 6 nitrogen and oxygen atoms in total. The van der Waals surface area contributed by atoms with E-state index in [0.29, 0.717) is 29.0 Å². The Hall–Kier alpha value is -3.02. The maximum absolute atomic E-state index is 12.7. The Morgan fingerprint density at radius 1 is 0.867 bits per heavy atom. The third-order valence-corrected chi connectivity index (χ3v) is 5.80. The van der Waals surface area contributed by atoms with Crippen molar-refractivity contribution in [3.05, 3.63) is 59.7 Å². The van der Waals surface area contributed by atoms with E-state index in [1.807, 2.05) is 0 Å². The summed E-state index contributed by atoms with van der Waals surface area (Å²) in [6.45, 7) is 7.16. The summed E-state index contributed by atoms with van der Waals surface area (Å²) in [5.41, 5.74) is 13.8. The standard InChI is InChI=1S/C24H32N4O2/c1-23(2)12-20(28-22(30)17-6-10-19(26)11-7-17)13-24(3,14-23)15-27-21(29)16-4-8-18(25)9-5-16/h4-11,20H,12-15,25-26H2,1-3H3,(H,27,29)(H,28,30). The van der Waals surface area contributed by atoms with Crippen LogP contribution in [0.15, 0.2) is 48.5 Å². The summed E-state index contributed by atoms with van der Waals surface area (Å²) >= 11 is 0. The molecule has 0 aromatic heterocycles. The first-order valence-electron chi connectivity index (χ1n) is 10.4. The fourth-order valence-corrected chi connectivity index (χ4v) is 4.80. The van der Waals surface area contributed by atoms with E-state index in [1.165, 1.54) is 0 Å². The van der Waals surface area contributed by atoms with Gasteiger partial charge in [-0.25, -0.2) is 0 Å². The van der Waals surface area contributed by atoms with Gasteiger partial charge in [0.05, 0.1) is 0 Å². The Kier molecular flexibility index (Phi) is 6.06. The van der Waals surface area contributed by atoms with Gasteiger partial charge in [-0.2, -0.15) is 0 Å². The molecule has 1 aliphatic rings. The quantitative estimate of drug-likeness (QED) is 0.567. The minimum Gasteiger partial charge on any atom is -0.399 e. The molecule has 6 N–H and O–H groups in total. The number of anilines is 2. The van der Waals surface area contributed by atoms with Crippen LogP contribution in [0.2, 0.25) is 0 Å². The molecule has 1 aliphatic carbocycles. The zero-order valence-corrected chi connectivity index (χ0v) is 18.0. The molecule has 0 bridgehead atoms.